The van der Waals surface area contributed by atoms with E-state index in [1.807, 2.05) is 0 Å². The van der Waals surface area contributed by atoms with Crippen molar-refractivity contribution in [3.8, 4) is 0 Å². The van der Waals surface area contributed by atoms with Crippen LogP contribution in [0.4, 0.5) is 14.5 Å². The van der Waals surface area contributed by atoms with Crippen LogP contribution in [0.2, 0.25) is 0 Å². The Kier molecular flexibility index (Phi) is 4.45. The maximum absolute atomic E-state index is 13.6. The number of nitrogens with one attached hydrogen (secondary N) is 1. The maximum Gasteiger partial charge on any atom is 0.269 e. The summed E-state index contributed by atoms with van der Waals surface area (Å²) in [5.74, 6) is -3.21. The summed E-state index contributed by atoms with van der Waals surface area (Å²) in [5, 5.41) is 13.3. The van der Waals surface area contributed by atoms with Crippen LogP contribution in [-0.2, 0) is 10.0 Å². The molecule has 1 aliphatic heterocycles. The number of nitro groups is 1. The van der Waals surface area contributed by atoms with Crippen LogP contribution in [0.1, 0.15) is 6.92 Å². The Balaban J connectivity index is 2.37. The van der Waals surface area contributed by atoms with Gasteiger partial charge in [-0.1, -0.05) is 0 Å². The second-order valence-corrected chi connectivity index (χ2v) is 6.93. The lowest BCUT2D eigenvalue weighted by Crippen LogP contribution is -2.59. The van der Waals surface area contributed by atoms with Gasteiger partial charge in [0.05, 0.1) is 9.82 Å². The number of alkyl halides is 2. The van der Waals surface area contributed by atoms with Gasteiger partial charge in [-0.2, -0.15) is 4.31 Å². The van der Waals surface area contributed by atoms with Crippen molar-refractivity contribution in [2.24, 2.45) is 0 Å². The second kappa shape index (κ2) is 5.86. The normalized spacial score (nSPS) is 20.8. The zero-order valence-electron chi connectivity index (χ0n) is 11.7. The highest BCUT2D eigenvalue weighted by molar-refractivity contribution is 7.89. The molecule has 1 aromatic rings. The van der Waals surface area contributed by atoms with Gasteiger partial charge < -0.3 is 5.32 Å². The minimum absolute atomic E-state index is 0.0899. The lowest BCUT2D eigenvalue weighted by atomic mass is 10.1. The van der Waals surface area contributed by atoms with E-state index in [0.29, 0.717) is 6.92 Å². The second-order valence-electron chi connectivity index (χ2n) is 5.04. The molecule has 1 heterocycles. The summed E-state index contributed by atoms with van der Waals surface area (Å²) in [5.41, 5.74) is -0.267. The first kappa shape index (κ1) is 16.7. The van der Waals surface area contributed by atoms with Gasteiger partial charge in [0.25, 0.3) is 11.6 Å². The summed E-state index contributed by atoms with van der Waals surface area (Å²) in [6, 6.07) is 2.68. The SMILES string of the molecule is CC(F)(F)C1CNCCN1S(=O)(=O)c1ccc([N+](=O)[O-])cc1. The summed E-state index contributed by atoms with van der Waals surface area (Å²) in [6.07, 6.45) is 0. The molecule has 1 saturated heterocycles. The minimum Gasteiger partial charge on any atom is -0.314 e. The largest absolute Gasteiger partial charge is 0.314 e. The Labute approximate surface area is 126 Å². The molecular formula is C12H15F2N3O4S. The van der Waals surface area contributed by atoms with Gasteiger partial charge in [-0.15, -0.1) is 0 Å². The number of sulfonamides is 1. The number of piperazine rings is 1. The molecule has 0 radical (unpaired) electrons. The Morgan fingerprint density at radius 1 is 1.36 bits per heavy atom. The Bertz CT molecular complexity index is 658. The first-order valence-electron chi connectivity index (χ1n) is 6.49. The Morgan fingerprint density at radius 2 is 1.95 bits per heavy atom. The van der Waals surface area contributed by atoms with Crippen molar-refractivity contribution in [3.05, 3.63) is 34.4 Å². The smallest absolute Gasteiger partial charge is 0.269 e. The Hall–Kier alpha value is -1.65. The van der Waals surface area contributed by atoms with Crippen molar-refractivity contribution in [3.63, 3.8) is 0 Å². The molecule has 2 rings (SSSR count). The summed E-state index contributed by atoms with van der Waals surface area (Å²) < 4.78 is 53.1. The Morgan fingerprint density at radius 3 is 2.45 bits per heavy atom. The maximum atomic E-state index is 13.6. The van der Waals surface area contributed by atoms with Gasteiger partial charge in [-0.3, -0.25) is 10.1 Å². The van der Waals surface area contributed by atoms with Crippen molar-refractivity contribution >= 4 is 15.7 Å². The van der Waals surface area contributed by atoms with E-state index in [2.05, 4.69) is 5.32 Å². The average Bonchev–Trinajstić information content (AvgIpc) is 2.46. The van der Waals surface area contributed by atoms with E-state index in [0.717, 1.165) is 28.6 Å². The first-order valence-corrected chi connectivity index (χ1v) is 7.93. The fourth-order valence-electron chi connectivity index (χ4n) is 2.28. The number of nitrogens with zero attached hydrogens (tertiary/aromatic N) is 2. The number of hydrogen-bond donors (Lipinski definition) is 1. The van der Waals surface area contributed by atoms with E-state index in [1.165, 1.54) is 0 Å². The monoisotopic (exact) mass is 335 g/mol. The van der Waals surface area contributed by atoms with Crippen molar-refractivity contribution in [1.82, 2.24) is 9.62 Å². The number of nitro benzene ring substituents is 1. The molecule has 1 atom stereocenters. The van der Waals surface area contributed by atoms with Crippen molar-refractivity contribution in [2.45, 2.75) is 23.8 Å². The summed E-state index contributed by atoms with van der Waals surface area (Å²) in [6.45, 7) is 0.685. The zero-order chi connectivity index (χ0) is 16.5. The molecule has 0 bridgehead atoms. The van der Waals surface area contributed by atoms with E-state index in [9.17, 15) is 27.3 Å². The molecule has 1 aliphatic rings. The number of halogens is 2. The molecule has 7 nitrogen and oxygen atoms in total. The third-order valence-electron chi connectivity index (χ3n) is 3.43. The van der Waals surface area contributed by atoms with Gasteiger partial charge in [0.1, 0.15) is 6.04 Å². The summed E-state index contributed by atoms with van der Waals surface area (Å²) >= 11 is 0. The lowest BCUT2D eigenvalue weighted by Gasteiger charge is -2.38. The van der Waals surface area contributed by atoms with E-state index in [4.69, 9.17) is 0 Å². The van der Waals surface area contributed by atoms with Gasteiger partial charge in [0, 0.05) is 38.7 Å². The highest BCUT2D eigenvalue weighted by Gasteiger charge is 2.45. The highest BCUT2D eigenvalue weighted by Crippen LogP contribution is 2.29. The quantitative estimate of drug-likeness (QED) is 0.659. The molecule has 0 amide bonds. The van der Waals surface area contributed by atoms with Gasteiger partial charge in [0.15, 0.2) is 0 Å². The van der Waals surface area contributed by atoms with Crippen LogP contribution in [-0.4, -0.2) is 49.2 Å². The van der Waals surface area contributed by atoms with Gasteiger partial charge in [0.2, 0.25) is 10.0 Å². The predicted octanol–water partition coefficient (Wildman–Crippen LogP) is 1.21. The summed E-state index contributed by atoms with van der Waals surface area (Å²) in [4.78, 5) is 9.68. The molecule has 1 fully saturated rings. The molecule has 1 unspecified atom stereocenters. The molecule has 1 aromatic carbocycles. The van der Waals surface area contributed by atoms with Crippen LogP contribution >= 0.6 is 0 Å². The fraction of sp³-hybridized carbons (Fsp3) is 0.500. The third-order valence-corrected chi connectivity index (χ3v) is 5.36. The molecule has 0 saturated carbocycles. The van der Waals surface area contributed by atoms with Crippen LogP contribution in [0, 0.1) is 10.1 Å². The van der Waals surface area contributed by atoms with Crippen LogP contribution in [0.15, 0.2) is 29.2 Å². The van der Waals surface area contributed by atoms with Crippen LogP contribution in [0.5, 0.6) is 0 Å². The average molecular weight is 335 g/mol. The topological polar surface area (TPSA) is 92.6 Å². The lowest BCUT2D eigenvalue weighted by molar-refractivity contribution is -0.384. The van der Waals surface area contributed by atoms with Crippen LogP contribution < -0.4 is 5.32 Å². The molecule has 122 valence electrons. The minimum atomic E-state index is -4.15. The van der Waals surface area contributed by atoms with E-state index in [1.54, 1.807) is 0 Å². The number of hydrogen-bond acceptors (Lipinski definition) is 5. The molecular weight excluding hydrogens is 320 g/mol. The molecule has 22 heavy (non-hydrogen) atoms. The van der Waals surface area contributed by atoms with Gasteiger partial charge >= 0.3 is 0 Å². The van der Waals surface area contributed by atoms with Crippen molar-refractivity contribution in [1.29, 1.82) is 0 Å². The summed E-state index contributed by atoms with van der Waals surface area (Å²) in [7, 11) is -4.15. The predicted molar refractivity (Wildman–Crippen MR) is 74.3 cm³/mol. The number of benzene rings is 1. The van der Waals surface area contributed by atoms with Crippen LogP contribution in [0.25, 0.3) is 0 Å². The zero-order valence-corrected chi connectivity index (χ0v) is 12.5. The molecule has 10 heteroatoms. The molecule has 0 aromatic heterocycles. The van der Waals surface area contributed by atoms with E-state index in [-0.39, 0.29) is 30.2 Å². The molecule has 1 N–H and O–H groups in total. The van der Waals surface area contributed by atoms with E-state index >= 15 is 0 Å². The highest BCUT2D eigenvalue weighted by atomic mass is 32.2. The fourth-order valence-corrected chi connectivity index (χ4v) is 3.96. The van der Waals surface area contributed by atoms with E-state index < -0.39 is 26.9 Å². The third kappa shape index (κ3) is 3.23. The van der Waals surface area contributed by atoms with Gasteiger partial charge in [-0.25, -0.2) is 17.2 Å². The van der Waals surface area contributed by atoms with Crippen molar-refractivity contribution in [2.75, 3.05) is 19.6 Å². The van der Waals surface area contributed by atoms with Gasteiger partial charge in [-0.05, 0) is 12.1 Å². The van der Waals surface area contributed by atoms with Crippen LogP contribution in [0.3, 0.4) is 0 Å². The number of non-ortho nitro benzene ring substituents is 1. The molecule has 0 aliphatic carbocycles. The first-order chi connectivity index (χ1) is 10.1. The van der Waals surface area contributed by atoms with Crippen molar-refractivity contribution < 1.29 is 22.1 Å². The number of rotatable bonds is 4. The molecule has 0 spiro atoms. The standard InChI is InChI=1S/C12H15F2N3O4S/c1-12(13,14)11-8-15-6-7-16(11)22(20,21)10-4-2-9(3-5-10)17(18)19/h2-5,11,15H,6-8H2,1H3.